The Hall–Kier alpha value is -4.06. The van der Waals surface area contributed by atoms with E-state index in [1.165, 1.54) is 12.1 Å². The van der Waals surface area contributed by atoms with Crippen molar-refractivity contribution in [2.75, 3.05) is 5.32 Å². The number of benzene rings is 3. The Morgan fingerprint density at radius 2 is 1.82 bits per heavy atom. The minimum atomic E-state index is -0.782. The number of carbonyl (C=O) groups excluding carboxylic acids is 1. The number of rotatable bonds is 7. The predicted molar refractivity (Wildman–Crippen MR) is 124 cm³/mol. The van der Waals surface area contributed by atoms with E-state index in [1.54, 1.807) is 48.5 Å². The summed E-state index contributed by atoms with van der Waals surface area (Å²) < 4.78 is 5.70. The zero-order chi connectivity index (χ0) is 24.0. The molecule has 0 fully saturated rings. The second-order valence-electron chi connectivity index (χ2n) is 6.64. The van der Waals surface area contributed by atoms with Crippen LogP contribution in [-0.2, 0) is 11.4 Å². The highest BCUT2D eigenvalue weighted by Gasteiger charge is 2.15. The monoisotopic (exact) mass is 483 g/mol. The lowest BCUT2D eigenvalue weighted by molar-refractivity contribution is -0.384. The van der Waals surface area contributed by atoms with E-state index in [-0.39, 0.29) is 23.6 Å². The molecule has 0 saturated heterocycles. The minimum Gasteiger partial charge on any atom is -0.506 e. The van der Waals surface area contributed by atoms with Gasteiger partial charge in [0, 0.05) is 21.7 Å². The van der Waals surface area contributed by atoms with Gasteiger partial charge in [-0.1, -0.05) is 41.4 Å². The molecule has 8 nitrogen and oxygen atoms in total. The highest BCUT2D eigenvalue weighted by molar-refractivity contribution is 6.35. The Bertz CT molecular complexity index is 1260. The Labute approximate surface area is 198 Å². The van der Waals surface area contributed by atoms with Crippen LogP contribution in [0.5, 0.6) is 11.5 Å². The number of phenolic OH excluding ortho intramolecular Hbond substituents is 1. The highest BCUT2D eigenvalue weighted by atomic mass is 35.5. The van der Waals surface area contributed by atoms with E-state index in [0.29, 0.717) is 26.9 Å². The van der Waals surface area contributed by atoms with Crippen molar-refractivity contribution in [1.82, 2.24) is 0 Å². The van der Waals surface area contributed by atoms with Crippen LogP contribution in [0.2, 0.25) is 10.0 Å². The molecule has 3 rings (SSSR count). The van der Waals surface area contributed by atoms with Gasteiger partial charge in [0.2, 0.25) is 0 Å². The van der Waals surface area contributed by atoms with Gasteiger partial charge in [0.25, 0.3) is 11.6 Å². The second-order valence-corrected chi connectivity index (χ2v) is 7.45. The molecule has 0 unspecified atom stereocenters. The van der Waals surface area contributed by atoms with Crippen LogP contribution >= 0.6 is 23.2 Å². The zero-order valence-corrected chi connectivity index (χ0v) is 18.3. The Morgan fingerprint density at radius 1 is 1.15 bits per heavy atom. The number of hydrogen-bond donors (Lipinski definition) is 2. The molecule has 3 aromatic rings. The first-order valence-electron chi connectivity index (χ1n) is 9.35. The number of halogens is 2. The first-order chi connectivity index (χ1) is 15.8. The van der Waals surface area contributed by atoms with E-state index in [9.17, 15) is 25.3 Å². The SMILES string of the molecule is N#C/C(=C\c1ccc(OCc2c(Cl)cccc2Cl)cc1)C(=O)Nc1ccc([N+](=O)[O-])cc1O. The fraction of sp³-hybridized carbons (Fsp3) is 0.0435. The summed E-state index contributed by atoms with van der Waals surface area (Å²) in [5.74, 6) is -0.743. The molecule has 0 saturated carbocycles. The standard InChI is InChI=1S/C23H15Cl2N3O5/c24-19-2-1-3-20(25)18(19)13-33-17-7-4-14(5-8-17)10-15(12-26)23(30)27-21-9-6-16(28(31)32)11-22(21)29/h1-11,29H,13H2,(H,27,30)/b15-10+. The van der Waals surface area contributed by atoms with Gasteiger partial charge in [-0.2, -0.15) is 5.26 Å². The Kier molecular flexibility index (Phi) is 7.51. The molecule has 33 heavy (non-hydrogen) atoms. The first-order valence-corrected chi connectivity index (χ1v) is 10.1. The van der Waals surface area contributed by atoms with Crippen LogP contribution in [0, 0.1) is 21.4 Å². The summed E-state index contributed by atoms with van der Waals surface area (Å²) in [6.07, 6.45) is 1.35. The van der Waals surface area contributed by atoms with Crippen molar-refractivity contribution < 1.29 is 19.6 Å². The van der Waals surface area contributed by atoms with E-state index < -0.39 is 16.6 Å². The molecule has 0 heterocycles. The largest absolute Gasteiger partial charge is 0.506 e. The second kappa shape index (κ2) is 10.5. The third-order valence-corrected chi connectivity index (χ3v) is 5.15. The molecular weight excluding hydrogens is 469 g/mol. The number of nitrogens with zero attached hydrogens (tertiary/aromatic N) is 2. The maximum atomic E-state index is 12.4. The van der Waals surface area contributed by atoms with E-state index in [0.717, 1.165) is 12.1 Å². The van der Waals surface area contributed by atoms with Crippen molar-refractivity contribution in [3.05, 3.63) is 97.5 Å². The van der Waals surface area contributed by atoms with Gasteiger partial charge in [0.15, 0.2) is 0 Å². The van der Waals surface area contributed by atoms with Crippen molar-refractivity contribution in [2.24, 2.45) is 0 Å². The quantitative estimate of drug-likeness (QED) is 0.145. The lowest BCUT2D eigenvalue weighted by atomic mass is 10.1. The number of anilines is 1. The van der Waals surface area contributed by atoms with Gasteiger partial charge in [0.05, 0.1) is 16.7 Å². The third kappa shape index (κ3) is 6.01. The van der Waals surface area contributed by atoms with Crippen molar-refractivity contribution in [3.8, 4) is 17.6 Å². The molecule has 0 aromatic heterocycles. The van der Waals surface area contributed by atoms with Crippen LogP contribution < -0.4 is 10.1 Å². The average molecular weight is 484 g/mol. The van der Waals surface area contributed by atoms with E-state index in [2.05, 4.69) is 5.32 Å². The zero-order valence-electron chi connectivity index (χ0n) is 16.8. The van der Waals surface area contributed by atoms with Crippen LogP contribution in [-0.4, -0.2) is 15.9 Å². The fourth-order valence-electron chi connectivity index (χ4n) is 2.73. The van der Waals surface area contributed by atoms with Crippen LogP contribution in [0.3, 0.4) is 0 Å². The van der Waals surface area contributed by atoms with Crippen LogP contribution in [0.1, 0.15) is 11.1 Å². The number of amides is 1. The van der Waals surface area contributed by atoms with Gasteiger partial charge in [-0.25, -0.2) is 0 Å². The summed E-state index contributed by atoms with van der Waals surface area (Å²) in [5.41, 5.74) is 0.583. The number of ether oxygens (including phenoxy) is 1. The lowest BCUT2D eigenvalue weighted by Crippen LogP contribution is -2.13. The third-order valence-electron chi connectivity index (χ3n) is 4.44. The molecule has 166 valence electrons. The van der Waals surface area contributed by atoms with E-state index in [4.69, 9.17) is 27.9 Å². The molecule has 0 spiro atoms. The number of nitrogens with one attached hydrogen (secondary N) is 1. The van der Waals surface area contributed by atoms with Gasteiger partial charge in [-0.05, 0) is 42.0 Å². The number of aromatic hydroxyl groups is 1. The topological polar surface area (TPSA) is 125 Å². The molecule has 3 aromatic carbocycles. The van der Waals surface area contributed by atoms with Crippen molar-refractivity contribution in [3.63, 3.8) is 0 Å². The van der Waals surface area contributed by atoms with Crippen molar-refractivity contribution in [2.45, 2.75) is 6.61 Å². The first kappa shape index (κ1) is 23.6. The molecule has 0 atom stereocenters. The van der Waals surface area contributed by atoms with Crippen LogP contribution in [0.15, 0.2) is 66.2 Å². The maximum absolute atomic E-state index is 12.4. The smallest absolute Gasteiger partial charge is 0.273 e. The summed E-state index contributed by atoms with van der Waals surface area (Å²) in [6, 6.07) is 16.8. The van der Waals surface area contributed by atoms with Crippen LogP contribution in [0.25, 0.3) is 6.08 Å². The number of hydrogen-bond acceptors (Lipinski definition) is 6. The lowest BCUT2D eigenvalue weighted by Gasteiger charge is -2.10. The Morgan fingerprint density at radius 3 is 2.39 bits per heavy atom. The molecule has 0 radical (unpaired) electrons. The molecule has 0 bridgehead atoms. The summed E-state index contributed by atoms with van der Waals surface area (Å²) in [4.78, 5) is 22.5. The van der Waals surface area contributed by atoms with Crippen molar-refractivity contribution >= 4 is 46.6 Å². The number of phenols is 1. The summed E-state index contributed by atoms with van der Waals surface area (Å²) in [5, 5.41) is 33.3. The van der Waals surface area contributed by atoms with Gasteiger partial charge in [-0.3, -0.25) is 14.9 Å². The molecular formula is C23H15Cl2N3O5. The van der Waals surface area contributed by atoms with Crippen molar-refractivity contribution in [1.29, 1.82) is 5.26 Å². The van der Waals surface area contributed by atoms with E-state index >= 15 is 0 Å². The number of carbonyl (C=O) groups is 1. The normalized spacial score (nSPS) is 10.9. The minimum absolute atomic E-state index is 0.0614. The summed E-state index contributed by atoms with van der Waals surface area (Å²) >= 11 is 12.3. The van der Waals surface area contributed by atoms with Gasteiger partial charge < -0.3 is 15.2 Å². The molecule has 1 amide bonds. The number of nitro benzene ring substituents is 1. The van der Waals surface area contributed by atoms with Gasteiger partial charge in [0.1, 0.15) is 29.7 Å². The number of nitro groups is 1. The number of non-ortho nitro benzene ring substituents is 1. The molecule has 10 heteroatoms. The summed E-state index contributed by atoms with van der Waals surface area (Å²) in [7, 11) is 0. The van der Waals surface area contributed by atoms with Gasteiger partial charge in [-0.15, -0.1) is 0 Å². The molecule has 2 N–H and O–H groups in total. The van der Waals surface area contributed by atoms with Gasteiger partial charge >= 0.3 is 0 Å². The number of nitriles is 1. The summed E-state index contributed by atoms with van der Waals surface area (Å²) in [6.45, 7) is 0.165. The van der Waals surface area contributed by atoms with E-state index in [1.807, 2.05) is 0 Å². The molecule has 0 aliphatic carbocycles. The predicted octanol–water partition coefficient (Wildman–Crippen LogP) is 5.73. The fourth-order valence-corrected chi connectivity index (χ4v) is 3.24. The Balaban J connectivity index is 1.69. The molecule has 0 aliphatic rings. The average Bonchev–Trinajstić information content (AvgIpc) is 2.79. The highest BCUT2D eigenvalue weighted by Crippen LogP contribution is 2.29. The maximum Gasteiger partial charge on any atom is 0.273 e. The van der Waals surface area contributed by atoms with Crippen LogP contribution in [0.4, 0.5) is 11.4 Å². The molecule has 0 aliphatic heterocycles.